The topological polar surface area (TPSA) is 131 Å². The van der Waals surface area contributed by atoms with Gasteiger partial charge in [-0.05, 0) is 78.9 Å². The Kier molecular flexibility index (Phi) is 10.7. The molecule has 9 nitrogen and oxygen atoms in total. The average molecular weight is 606 g/mol. The predicted octanol–water partition coefficient (Wildman–Crippen LogP) is 4.22. The van der Waals surface area contributed by atoms with Crippen molar-refractivity contribution < 1.29 is 32.6 Å². The van der Waals surface area contributed by atoms with E-state index in [0.29, 0.717) is 30.9 Å². The number of nitrogens with one attached hydrogen (secondary N) is 2. The van der Waals surface area contributed by atoms with E-state index < -0.39 is 22.0 Å². The molecule has 0 heterocycles. The smallest absolute Gasteiger partial charge is 0.321 e. The van der Waals surface area contributed by atoms with Gasteiger partial charge in [-0.25, -0.2) is 8.42 Å². The molecule has 0 aromatic heterocycles. The number of unbranched alkanes of at least 4 members (excludes halogenated alkanes) is 1. The Balaban J connectivity index is 1.43. The van der Waals surface area contributed by atoms with Gasteiger partial charge in [-0.15, -0.1) is 0 Å². The van der Waals surface area contributed by atoms with Gasteiger partial charge in [-0.1, -0.05) is 40.2 Å². The van der Waals surface area contributed by atoms with Gasteiger partial charge in [0, 0.05) is 11.0 Å². The molecule has 0 aliphatic rings. The van der Waals surface area contributed by atoms with Crippen LogP contribution in [0.15, 0.2) is 82.2 Å². The molecule has 0 saturated heterocycles. The molecule has 0 aliphatic heterocycles. The molecule has 0 radical (unpaired) electrons. The first-order valence-corrected chi connectivity index (χ1v) is 14.1. The van der Waals surface area contributed by atoms with Crippen LogP contribution >= 0.6 is 15.9 Å². The van der Waals surface area contributed by atoms with Gasteiger partial charge in [-0.3, -0.25) is 9.59 Å². The van der Waals surface area contributed by atoms with Crippen LogP contribution in [0.1, 0.15) is 19.3 Å². The quantitative estimate of drug-likeness (QED) is 0.235. The molecule has 38 heavy (non-hydrogen) atoms. The Hall–Kier alpha value is -3.41. The molecule has 0 fully saturated rings. The van der Waals surface area contributed by atoms with Crippen molar-refractivity contribution in [2.45, 2.75) is 30.2 Å². The molecular formula is C27H29BrN2O7S. The minimum atomic E-state index is -4.04. The third-order valence-electron chi connectivity index (χ3n) is 5.61. The Morgan fingerprint density at radius 2 is 1.47 bits per heavy atom. The zero-order valence-corrected chi connectivity index (χ0v) is 23.1. The highest BCUT2D eigenvalue weighted by Gasteiger charge is 2.25. The van der Waals surface area contributed by atoms with Gasteiger partial charge in [0.25, 0.3) is 5.91 Å². The number of halogens is 1. The van der Waals surface area contributed by atoms with Gasteiger partial charge in [-0.2, -0.15) is 4.72 Å². The second-order valence-electron chi connectivity index (χ2n) is 8.35. The normalized spacial score (nSPS) is 11.9. The molecular weight excluding hydrogens is 576 g/mol. The lowest BCUT2D eigenvalue weighted by atomic mass is 10.1. The van der Waals surface area contributed by atoms with E-state index in [2.05, 4.69) is 26.0 Å². The SMILES string of the molecule is COc1ccc(OCC(=O)NCCCCC(NS(=O)(=O)c2ccc(-c3ccc(Br)cc3)cc2)C(=O)O)cc1. The highest BCUT2D eigenvalue weighted by Crippen LogP contribution is 2.23. The summed E-state index contributed by atoms with van der Waals surface area (Å²) in [5, 5.41) is 12.2. The first-order chi connectivity index (χ1) is 18.2. The zero-order chi connectivity index (χ0) is 27.5. The highest BCUT2D eigenvalue weighted by atomic mass is 79.9. The van der Waals surface area contributed by atoms with E-state index in [-0.39, 0.29) is 23.8 Å². The molecule has 3 aromatic carbocycles. The number of carboxylic acids is 1. The van der Waals surface area contributed by atoms with Gasteiger partial charge >= 0.3 is 5.97 Å². The number of aliphatic carboxylic acids is 1. The minimum Gasteiger partial charge on any atom is -0.497 e. The molecule has 0 saturated carbocycles. The zero-order valence-electron chi connectivity index (χ0n) is 20.7. The fourth-order valence-corrected chi connectivity index (χ4v) is 5.02. The van der Waals surface area contributed by atoms with Gasteiger partial charge < -0.3 is 19.9 Å². The van der Waals surface area contributed by atoms with Gasteiger partial charge in [0.15, 0.2) is 6.61 Å². The number of carbonyl (C=O) groups is 2. The number of hydrogen-bond acceptors (Lipinski definition) is 6. The molecule has 0 bridgehead atoms. The van der Waals surface area contributed by atoms with Crippen molar-refractivity contribution >= 4 is 37.8 Å². The van der Waals surface area contributed by atoms with Gasteiger partial charge in [0.2, 0.25) is 10.0 Å². The molecule has 3 rings (SSSR count). The number of methoxy groups -OCH3 is 1. The molecule has 0 aliphatic carbocycles. The number of benzene rings is 3. The maximum absolute atomic E-state index is 12.8. The molecule has 1 unspecified atom stereocenters. The first kappa shape index (κ1) is 29.2. The number of amides is 1. The Labute approximate surface area is 230 Å². The largest absolute Gasteiger partial charge is 0.497 e. The Morgan fingerprint density at radius 1 is 0.895 bits per heavy atom. The molecule has 1 atom stereocenters. The lowest BCUT2D eigenvalue weighted by molar-refractivity contribution is -0.139. The lowest BCUT2D eigenvalue weighted by Gasteiger charge is -2.15. The minimum absolute atomic E-state index is 0.0197. The molecule has 0 spiro atoms. The predicted molar refractivity (Wildman–Crippen MR) is 147 cm³/mol. The second kappa shape index (κ2) is 13.9. The van der Waals surface area contributed by atoms with Crippen molar-refractivity contribution in [1.82, 2.24) is 10.0 Å². The van der Waals surface area contributed by atoms with Crippen LogP contribution in [0.3, 0.4) is 0 Å². The van der Waals surface area contributed by atoms with Gasteiger partial charge in [0.05, 0.1) is 12.0 Å². The number of rotatable bonds is 14. The van der Waals surface area contributed by atoms with E-state index in [9.17, 15) is 23.1 Å². The second-order valence-corrected chi connectivity index (χ2v) is 11.0. The molecule has 11 heteroatoms. The Bertz CT molecular complexity index is 1310. The maximum atomic E-state index is 12.8. The summed E-state index contributed by atoms with van der Waals surface area (Å²) < 4.78 is 39.2. The average Bonchev–Trinajstić information content (AvgIpc) is 2.91. The third kappa shape index (κ3) is 8.86. The molecule has 1 amide bonds. The van der Waals surface area contributed by atoms with Crippen LogP contribution in [-0.2, 0) is 19.6 Å². The molecule has 3 aromatic rings. The number of sulfonamides is 1. The van der Waals surface area contributed by atoms with Crippen LogP contribution in [-0.4, -0.2) is 51.7 Å². The summed E-state index contributed by atoms with van der Waals surface area (Å²) in [5.41, 5.74) is 1.76. The number of carbonyl (C=O) groups excluding carboxylic acids is 1. The monoisotopic (exact) mass is 604 g/mol. The highest BCUT2D eigenvalue weighted by molar-refractivity contribution is 9.10. The van der Waals surface area contributed by atoms with E-state index in [1.165, 1.54) is 12.1 Å². The number of ether oxygens (including phenoxy) is 2. The summed E-state index contributed by atoms with van der Waals surface area (Å²) in [6.07, 6.45) is 0.938. The van der Waals surface area contributed by atoms with E-state index in [4.69, 9.17) is 9.47 Å². The van der Waals surface area contributed by atoms with Crippen molar-refractivity contribution in [3.05, 3.63) is 77.3 Å². The van der Waals surface area contributed by atoms with Gasteiger partial charge in [0.1, 0.15) is 17.5 Å². The van der Waals surface area contributed by atoms with Crippen molar-refractivity contribution in [2.24, 2.45) is 0 Å². The van der Waals surface area contributed by atoms with Crippen LogP contribution in [0.25, 0.3) is 11.1 Å². The summed E-state index contributed by atoms with van der Waals surface area (Å²) in [6.45, 7) is 0.145. The third-order valence-corrected chi connectivity index (χ3v) is 7.63. The lowest BCUT2D eigenvalue weighted by Crippen LogP contribution is -2.40. The number of hydrogen-bond donors (Lipinski definition) is 3. The maximum Gasteiger partial charge on any atom is 0.321 e. The summed E-state index contributed by atoms with van der Waals surface area (Å²) in [6, 6.07) is 19.4. The fourth-order valence-electron chi connectivity index (χ4n) is 3.53. The van der Waals surface area contributed by atoms with Crippen molar-refractivity contribution in [2.75, 3.05) is 20.3 Å². The van der Waals surface area contributed by atoms with Crippen LogP contribution in [0.2, 0.25) is 0 Å². The van der Waals surface area contributed by atoms with E-state index in [1.54, 1.807) is 43.5 Å². The summed E-state index contributed by atoms with van der Waals surface area (Å²) >= 11 is 3.38. The van der Waals surface area contributed by atoms with Crippen LogP contribution in [0.5, 0.6) is 11.5 Å². The van der Waals surface area contributed by atoms with Crippen molar-refractivity contribution in [3.8, 4) is 22.6 Å². The van der Waals surface area contributed by atoms with Crippen LogP contribution < -0.4 is 19.5 Å². The van der Waals surface area contributed by atoms with E-state index in [0.717, 1.165) is 15.6 Å². The van der Waals surface area contributed by atoms with E-state index >= 15 is 0 Å². The fraction of sp³-hybridized carbons (Fsp3) is 0.259. The van der Waals surface area contributed by atoms with Crippen molar-refractivity contribution in [3.63, 3.8) is 0 Å². The molecule has 3 N–H and O–H groups in total. The van der Waals surface area contributed by atoms with Crippen LogP contribution in [0, 0.1) is 0 Å². The first-order valence-electron chi connectivity index (χ1n) is 11.8. The molecule has 202 valence electrons. The summed E-state index contributed by atoms with van der Waals surface area (Å²) in [5.74, 6) is -0.376. The van der Waals surface area contributed by atoms with E-state index in [1.807, 2.05) is 24.3 Å². The van der Waals surface area contributed by atoms with Crippen LogP contribution in [0.4, 0.5) is 0 Å². The summed E-state index contributed by atoms with van der Waals surface area (Å²) in [4.78, 5) is 23.6. The standard InChI is InChI=1S/C27H29BrN2O7S/c1-36-22-11-13-23(14-12-22)37-18-26(31)29-17-3-2-4-25(27(32)33)30-38(34,35)24-15-7-20(8-16-24)19-5-9-21(28)10-6-19/h5-16,25,30H,2-4,17-18H2,1H3,(H,29,31)(H,32,33). The summed E-state index contributed by atoms with van der Waals surface area (Å²) in [7, 11) is -2.48. The number of carboxylic acid groups (broad SMARTS) is 1. The van der Waals surface area contributed by atoms with Crippen molar-refractivity contribution in [1.29, 1.82) is 0 Å². The Morgan fingerprint density at radius 3 is 2.05 bits per heavy atom.